The molecular formula is C16H16ClN3O2S. The van der Waals surface area contributed by atoms with Crippen LogP contribution in [-0.4, -0.2) is 28.7 Å². The number of imidazole rings is 1. The van der Waals surface area contributed by atoms with Crippen LogP contribution in [0.5, 0.6) is 0 Å². The zero-order valence-corrected chi connectivity index (χ0v) is 14.1. The van der Waals surface area contributed by atoms with E-state index in [1.165, 1.54) is 16.4 Å². The Labute approximate surface area is 140 Å². The van der Waals surface area contributed by atoms with Crippen molar-refractivity contribution in [3.05, 3.63) is 65.6 Å². The van der Waals surface area contributed by atoms with Gasteiger partial charge in [-0.05, 0) is 36.4 Å². The van der Waals surface area contributed by atoms with E-state index >= 15 is 0 Å². The third-order valence-corrected chi connectivity index (χ3v) is 5.82. The van der Waals surface area contributed by atoms with Crippen LogP contribution in [0.3, 0.4) is 0 Å². The van der Waals surface area contributed by atoms with Gasteiger partial charge in [-0.25, -0.2) is 13.4 Å². The quantitative estimate of drug-likeness (QED) is 0.710. The molecule has 0 aliphatic rings. The van der Waals surface area contributed by atoms with Crippen LogP contribution in [0, 0.1) is 0 Å². The first-order chi connectivity index (χ1) is 11.0. The number of halogens is 1. The summed E-state index contributed by atoms with van der Waals surface area (Å²) in [6.45, 7) is 2.44. The Hall–Kier alpha value is -1.89. The standard InChI is InChI=1S/C16H16ClN3O2S/c1-2-19(23(21,22)15-8-6-13(17)7-9-15)12-14-11-18-16-5-3-4-10-20(14)16/h3-11H,2,12H2,1H3. The van der Waals surface area contributed by atoms with Gasteiger partial charge in [0.15, 0.2) is 0 Å². The zero-order valence-electron chi connectivity index (χ0n) is 12.6. The van der Waals surface area contributed by atoms with Crippen LogP contribution in [0.4, 0.5) is 0 Å². The minimum Gasteiger partial charge on any atom is -0.303 e. The van der Waals surface area contributed by atoms with Gasteiger partial charge in [0.2, 0.25) is 10.0 Å². The van der Waals surface area contributed by atoms with E-state index in [0.717, 1.165) is 11.3 Å². The Kier molecular flexibility index (Phi) is 4.39. The predicted octanol–water partition coefficient (Wildman–Crippen LogP) is 3.20. The Morgan fingerprint density at radius 2 is 1.91 bits per heavy atom. The molecule has 23 heavy (non-hydrogen) atoms. The van der Waals surface area contributed by atoms with E-state index in [9.17, 15) is 8.42 Å². The molecule has 0 bridgehead atoms. The molecule has 1 aromatic carbocycles. The van der Waals surface area contributed by atoms with Gasteiger partial charge in [0.1, 0.15) is 5.65 Å². The van der Waals surface area contributed by atoms with E-state index in [-0.39, 0.29) is 11.4 Å². The lowest BCUT2D eigenvalue weighted by molar-refractivity contribution is 0.418. The van der Waals surface area contributed by atoms with E-state index in [4.69, 9.17) is 11.6 Å². The summed E-state index contributed by atoms with van der Waals surface area (Å²) in [4.78, 5) is 4.53. The minimum absolute atomic E-state index is 0.234. The van der Waals surface area contributed by atoms with E-state index in [2.05, 4.69) is 4.98 Å². The van der Waals surface area contributed by atoms with Crippen LogP contribution < -0.4 is 0 Å². The molecule has 120 valence electrons. The van der Waals surface area contributed by atoms with E-state index in [1.807, 2.05) is 35.7 Å². The number of nitrogens with zero attached hydrogens (tertiary/aromatic N) is 3. The topological polar surface area (TPSA) is 54.7 Å². The second-order valence-corrected chi connectivity index (χ2v) is 7.44. The molecular weight excluding hydrogens is 334 g/mol. The lowest BCUT2D eigenvalue weighted by atomic mass is 10.4. The van der Waals surface area contributed by atoms with Gasteiger partial charge in [-0.3, -0.25) is 0 Å². The highest BCUT2D eigenvalue weighted by atomic mass is 35.5. The van der Waals surface area contributed by atoms with Gasteiger partial charge < -0.3 is 4.40 Å². The molecule has 0 radical (unpaired) electrons. The molecule has 0 saturated heterocycles. The van der Waals surface area contributed by atoms with Crippen molar-refractivity contribution >= 4 is 27.3 Å². The molecule has 0 spiro atoms. The van der Waals surface area contributed by atoms with E-state index < -0.39 is 10.0 Å². The van der Waals surface area contributed by atoms with Crippen LogP contribution >= 0.6 is 11.6 Å². The number of benzene rings is 1. The molecule has 3 rings (SSSR count). The zero-order chi connectivity index (χ0) is 16.4. The number of sulfonamides is 1. The fraction of sp³-hybridized carbons (Fsp3) is 0.188. The highest BCUT2D eigenvalue weighted by molar-refractivity contribution is 7.89. The molecule has 0 fully saturated rings. The van der Waals surface area contributed by atoms with Crippen molar-refractivity contribution in [1.29, 1.82) is 0 Å². The number of hydrogen-bond acceptors (Lipinski definition) is 3. The molecule has 0 atom stereocenters. The van der Waals surface area contributed by atoms with Crippen molar-refractivity contribution in [3.63, 3.8) is 0 Å². The number of fused-ring (bicyclic) bond motifs is 1. The first-order valence-corrected chi connectivity index (χ1v) is 9.01. The van der Waals surface area contributed by atoms with Crippen LogP contribution in [0.15, 0.2) is 59.8 Å². The van der Waals surface area contributed by atoms with Gasteiger partial charge in [0.05, 0.1) is 23.3 Å². The molecule has 0 aliphatic carbocycles. The smallest absolute Gasteiger partial charge is 0.243 e. The third kappa shape index (κ3) is 3.10. The first kappa shape index (κ1) is 16.0. The summed E-state index contributed by atoms with van der Waals surface area (Å²) in [5.41, 5.74) is 1.61. The van der Waals surface area contributed by atoms with Crippen molar-refractivity contribution in [2.75, 3.05) is 6.54 Å². The van der Waals surface area contributed by atoms with Crippen molar-refractivity contribution in [1.82, 2.24) is 13.7 Å². The Morgan fingerprint density at radius 1 is 1.17 bits per heavy atom. The van der Waals surface area contributed by atoms with Gasteiger partial charge in [0, 0.05) is 17.8 Å². The molecule has 0 N–H and O–H groups in total. The summed E-state index contributed by atoms with van der Waals surface area (Å²) in [7, 11) is -3.58. The summed E-state index contributed by atoms with van der Waals surface area (Å²) in [6.07, 6.45) is 3.58. The SMILES string of the molecule is CCN(Cc1cnc2ccccn12)S(=O)(=O)c1ccc(Cl)cc1. The number of rotatable bonds is 5. The average molecular weight is 350 g/mol. The molecule has 5 nitrogen and oxygen atoms in total. The molecule has 2 aromatic heterocycles. The van der Waals surface area contributed by atoms with Crippen molar-refractivity contribution < 1.29 is 8.42 Å². The minimum atomic E-state index is -3.58. The van der Waals surface area contributed by atoms with E-state index in [1.54, 1.807) is 18.3 Å². The molecule has 7 heteroatoms. The Balaban J connectivity index is 1.94. The summed E-state index contributed by atoms with van der Waals surface area (Å²) >= 11 is 5.84. The molecule has 0 aliphatic heterocycles. The average Bonchev–Trinajstić information content (AvgIpc) is 2.96. The fourth-order valence-corrected chi connectivity index (χ4v) is 3.95. The number of hydrogen-bond donors (Lipinski definition) is 0. The highest BCUT2D eigenvalue weighted by Gasteiger charge is 2.24. The van der Waals surface area contributed by atoms with Crippen molar-refractivity contribution in [2.45, 2.75) is 18.4 Å². The fourth-order valence-electron chi connectivity index (χ4n) is 2.41. The molecule has 3 aromatic rings. The van der Waals surface area contributed by atoms with Crippen LogP contribution in [-0.2, 0) is 16.6 Å². The highest BCUT2D eigenvalue weighted by Crippen LogP contribution is 2.20. The third-order valence-electron chi connectivity index (χ3n) is 3.64. The largest absolute Gasteiger partial charge is 0.303 e. The number of pyridine rings is 1. The molecule has 2 heterocycles. The van der Waals surface area contributed by atoms with Gasteiger partial charge in [0.25, 0.3) is 0 Å². The lowest BCUT2D eigenvalue weighted by Crippen LogP contribution is -2.30. The van der Waals surface area contributed by atoms with Crippen molar-refractivity contribution in [2.24, 2.45) is 0 Å². The predicted molar refractivity (Wildman–Crippen MR) is 89.9 cm³/mol. The maximum Gasteiger partial charge on any atom is 0.243 e. The van der Waals surface area contributed by atoms with Gasteiger partial charge in [-0.2, -0.15) is 4.31 Å². The lowest BCUT2D eigenvalue weighted by Gasteiger charge is -2.20. The number of aromatic nitrogens is 2. The summed E-state index contributed by atoms with van der Waals surface area (Å²) in [5, 5.41) is 0.508. The summed E-state index contributed by atoms with van der Waals surface area (Å²) in [5.74, 6) is 0. The second-order valence-electron chi connectivity index (χ2n) is 5.06. The van der Waals surface area contributed by atoms with E-state index in [0.29, 0.717) is 11.6 Å². The summed E-state index contributed by atoms with van der Waals surface area (Å²) < 4.78 is 28.9. The van der Waals surface area contributed by atoms with Gasteiger partial charge >= 0.3 is 0 Å². The summed E-state index contributed by atoms with van der Waals surface area (Å²) in [6, 6.07) is 11.9. The van der Waals surface area contributed by atoms with Gasteiger partial charge in [-0.1, -0.05) is 24.6 Å². The van der Waals surface area contributed by atoms with Crippen molar-refractivity contribution in [3.8, 4) is 0 Å². The Morgan fingerprint density at radius 3 is 2.61 bits per heavy atom. The maximum absolute atomic E-state index is 12.8. The molecule has 0 saturated carbocycles. The first-order valence-electron chi connectivity index (χ1n) is 7.19. The van der Waals surface area contributed by atoms with Crippen LogP contribution in [0.25, 0.3) is 5.65 Å². The Bertz CT molecular complexity index is 920. The second kappa shape index (κ2) is 6.31. The maximum atomic E-state index is 12.8. The normalized spacial score (nSPS) is 12.1. The van der Waals surface area contributed by atoms with Crippen LogP contribution in [0.2, 0.25) is 5.02 Å². The monoisotopic (exact) mass is 349 g/mol. The van der Waals surface area contributed by atoms with Gasteiger partial charge in [-0.15, -0.1) is 0 Å². The molecule has 0 unspecified atom stereocenters. The molecule has 0 amide bonds. The van der Waals surface area contributed by atoms with Crippen LogP contribution in [0.1, 0.15) is 12.6 Å².